The molecule has 17 heavy (non-hydrogen) atoms. The third-order valence-electron chi connectivity index (χ3n) is 3.70. The van der Waals surface area contributed by atoms with Gasteiger partial charge in [0.15, 0.2) is 5.78 Å². The quantitative estimate of drug-likeness (QED) is 0.542. The molecule has 0 amide bonds. The van der Waals surface area contributed by atoms with Crippen LogP contribution in [0, 0.1) is 13.8 Å². The van der Waals surface area contributed by atoms with Gasteiger partial charge >= 0.3 is 0 Å². The molecule has 1 aromatic rings. The van der Waals surface area contributed by atoms with Crippen molar-refractivity contribution in [3.8, 4) is 0 Å². The Labute approximate surface area is 104 Å². The van der Waals surface area contributed by atoms with Gasteiger partial charge in [-0.3, -0.25) is 4.79 Å². The molecule has 0 N–H and O–H groups in total. The van der Waals surface area contributed by atoms with Gasteiger partial charge in [-0.1, -0.05) is 30.2 Å². The average Bonchev–Trinajstić information content (AvgIpc) is 2.34. The van der Waals surface area contributed by atoms with E-state index < -0.39 is 0 Å². The summed E-state index contributed by atoms with van der Waals surface area (Å²) in [6, 6.07) is 5.96. The van der Waals surface area contributed by atoms with Gasteiger partial charge in [0.05, 0.1) is 0 Å². The van der Waals surface area contributed by atoms with Crippen LogP contribution in [0.5, 0.6) is 0 Å². The molecule has 90 valence electrons. The number of allylic oxidation sites excluding steroid dienone is 2. The molecule has 1 aliphatic carbocycles. The number of ketones is 1. The highest BCUT2D eigenvalue weighted by Gasteiger charge is 2.11. The highest BCUT2D eigenvalue weighted by Crippen LogP contribution is 2.24. The molecule has 2 rings (SSSR count). The van der Waals surface area contributed by atoms with Crippen molar-refractivity contribution in [3.63, 3.8) is 0 Å². The van der Waals surface area contributed by atoms with E-state index in [4.69, 9.17) is 0 Å². The number of rotatable bonds is 2. The fourth-order valence-electron chi connectivity index (χ4n) is 2.43. The largest absolute Gasteiger partial charge is 0.289 e. The highest BCUT2D eigenvalue weighted by atomic mass is 16.1. The summed E-state index contributed by atoms with van der Waals surface area (Å²) < 4.78 is 0. The number of carbonyl (C=O) groups is 1. The fraction of sp³-hybridized carbons (Fsp3) is 0.438. The van der Waals surface area contributed by atoms with Crippen molar-refractivity contribution >= 4 is 5.78 Å². The smallest absolute Gasteiger partial charge is 0.186 e. The first-order valence-corrected chi connectivity index (χ1v) is 6.48. The molecule has 0 aromatic heterocycles. The van der Waals surface area contributed by atoms with Crippen LogP contribution in [-0.4, -0.2) is 5.78 Å². The molecular formula is C16H20O. The fourth-order valence-corrected chi connectivity index (χ4v) is 2.43. The summed E-state index contributed by atoms with van der Waals surface area (Å²) in [5, 5.41) is 0. The molecule has 1 saturated carbocycles. The third kappa shape index (κ3) is 2.85. The zero-order valence-electron chi connectivity index (χ0n) is 10.8. The maximum absolute atomic E-state index is 12.2. The number of hydrogen-bond acceptors (Lipinski definition) is 1. The first kappa shape index (κ1) is 12.1. The maximum Gasteiger partial charge on any atom is 0.186 e. The van der Waals surface area contributed by atoms with Crippen LogP contribution in [0.3, 0.4) is 0 Å². The van der Waals surface area contributed by atoms with Crippen molar-refractivity contribution in [3.05, 3.63) is 46.5 Å². The molecule has 0 aliphatic heterocycles. The van der Waals surface area contributed by atoms with Gasteiger partial charge in [0.1, 0.15) is 0 Å². The van der Waals surface area contributed by atoms with Crippen molar-refractivity contribution in [1.29, 1.82) is 0 Å². The Morgan fingerprint density at radius 3 is 2.53 bits per heavy atom. The van der Waals surface area contributed by atoms with Crippen LogP contribution < -0.4 is 0 Å². The van der Waals surface area contributed by atoms with Gasteiger partial charge in [0.2, 0.25) is 0 Å². The van der Waals surface area contributed by atoms with Gasteiger partial charge < -0.3 is 0 Å². The third-order valence-corrected chi connectivity index (χ3v) is 3.70. The predicted molar refractivity (Wildman–Crippen MR) is 71.4 cm³/mol. The lowest BCUT2D eigenvalue weighted by Gasteiger charge is -2.13. The average molecular weight is 228 g/mol. The standard InChI is InChI=1S/C16H20O/c1-12-7-6-10-15(13(12)2)16(17)11-14-8-4-3-5-9-14/h6-7,10-11H,3-5,8-9H2,1-2H3. The van der Waals surface area contributed by atoms with Crippen molar-refractivity contribution in [2.45, 2.75) is 46.0 Å². The van der Waals surface area contributed by atoms with Crippen LogP contribution in [-0.2, 0) is 0 Å². The molecule has 1 fully saturated rings. The molecule has 0 bridgehead atoms. The lowest BCUT2D eigenvalue weighted by atomic mass is 9.92. The summed E-state index contributed by atoms with van der Waals surface area (Å²) in [5.41, 5.74) is 4.51. The molecule has 1 heteroatoms. The Kier molecular flexibility index (Phi) is 3.78. The van der Waals surface area contributed by atoms with E-state index in [0.29, 0.717) is 0 Å². The zero-order chi connectivity index (χ0) is 12.3. The van der Waals surface area contributed by atoms with Crippen LogP contribution in [0.4, 0.5) is 0 Å². The molecule has 1 aliphatic rings. The van der Waals surface area contributed by atoms with E-state index in [-0.39, 0.29) is 5.78 Å². The van der Waals surface area contributed by atoms with E-state index in [1.807, 2.05) is 25.1 Å². The topological polar surface area (TPSA) is 17.1 Å². The van der Waals surface area contributed by atoms with Crippen molar-refractivity contribution in [2.24, 2.45) is 0 Å². The number of benzene rings is 1. The van der Waals surface area contributed by atoms with Crippen LogP contribution in [0.1, 0.15) is 53.6 Å². The Morgan fingerprint density at radius 2 is 1.82 bits per heavy atom. The second-order valence-corrected chi connectivity index (χ2v) is 4.97. The summed E-state index contributed by atoms with van der Waals surface area (Å²) in [4.78, 5) is 12.2. The van der Waals surface area contributed by atoms with Gasteiger partial charge in [-0.15, -0.1) is 0 Å². The van der Waals surface area contributed by atoms with Gasteiger partial charge in [-0.05, 0) is 56.7 Å². The highest BCUT2D eigenvalue weighted by molar-refractivity contribution is 6.06. The van der Waals surface area contributed by atoms with E-state index in [2.05, 4.69) is 13.0 Å². The minimum absolute atomic E-state index is 0.183. The van der Waals surface area contributed by atoms with Gasteiger partial charge in [0, 0.05) is 5.56 Å². The molecule has 0 spiro atoms. The molecule has 0 heterocycles. The second kappa shape index (κ2) is 5.31. The molecule has 1 nitrogen and oxygen atoms in total. The van der Waals surface area contributed by atoms with E-state index in [1.54, 1.807) is 0 Å². The zero-order valence-corrected chi connectivity index (χ0v) is 10.8. The molecule has 0 saturated heterocycles. The molecule has 0 atom stereocenters. The van der Waals surface area contributed by atoms with E-state index in [0.717, 1.165) is 24.0 Å². The number of carbonyl (C=O) groups excluding carboxylic acids is 1. The predicted octanol–water partition coefficient (Wildman–Crippen LogP) is 4.38. The Morgan fingerprint density at radius 1 is 1.12 bits per heavy atom. The SMILES string of the molecule is Cc1cccc(C(=O)C=C2CCCCC2)c1C. The maximum atomic E-state index is 12.2. The first-order chi connectivity index (χ1) is 8.18. The molecular weight excluding hydrogens is 208 g/mol. The minimum Gasteiger partial charge on any atom is -0.289 e. The molecule has 0 unspecified atom stereocenters. The number of hydrogen-bond donors (Lipinski definition) is 0. The van der Waals surface area contributed by atoms with Crippen LogP contribution >= 0.6 is 0 Å². The van der Waals surface area contributed by atoms with Crippen LogP contribution in [0.15, 0.2) is 29.8 Å². The first-order valence-electron chi connectivity index (χ1n) is 6.48. The van der Waals surface area contributed by atoms with Crippen LogP contribution in [0.25, 0.3) is 0 Å². The lowest BCUT2D eigenvalue weighted by molar-refractivity contribution is 0.104. The molecule has 1 aromatic carbocycles. The van der Waals surface area contributed by atoms with Crippen LogP contribution in [0.2, 0.25) is 0 Å². The Hall–Kier alpha value is -1.37. The normalized spacial score (nSPS) is 15.8. The summed E-state index contributed by atoms with van der Waals surface area (Å²) in [6.07, 6.45) is 7.89. The van der Waals surface area contributed by atoms with Gasteiger partial charge in [0.25, 0.3) is 0 Å². The van der Waals surface area contributed by atoms with Crippen molar-refractivity contribution in [1.82, 2.24) is 0 Å². The Bertz CT molecular complexity index is 447. The van der Waals surface area contributed by atoms with E-state index in [1.165, 1.54) is 30.4 Å². The molecule has 0 radical (unpaired) electrons. The van der Waals surface area contributed by atoms with Gasteiger partial charge in [-0.25, -0.2) is 0 Å². The van der Waals surface area contributed by atoms with E-state index >= 15 is 0 Å². The monoisotopic (exact) mass is 228 g/mol. The second-order valence-electron chi connectivity index (χ2n) is 4.97. The summed E-state index contributed by atoms with van der Waals surface area (Å²) in [5.74, 6) is 0.183. The summed E-state index contributed by atoms with van der Waals surface area (Å²) >= 11 is 0. The van der Waals surface area contributed by atoms with Gasteiger partial charge in [-0.2, -0.15) is 0 Å². The van der Waals surface area contributed by atoms with Crippen molar-refractivity contribution < 1.29 is 4.79 Å². The van der Waals surface area contributed by atoms with Crippen molar-refractivity contribution in [2.75, 3.05) is 0 Å². The summed E-state index contributed by atoms with van der Waals surface area (Å²) in [7, 11) is 0. The minimum atomic E-state index is 0.183. The number of aryl methyl sites for hydroxylation is 1. The summed E-state index contributed by atoms with van der Waals surface area (Å²) in [6.45, 7) is 4.09. The van der Waals surface area contributed by atoms with E-state index in [9.17, 15) is 4.79 Å². The Balaban J connectivity index is 2.22. The lowest BCUT2D eigenvalue weighted by Crippen LogP contribution is -2.03.